The summed E-state index contributed by atoms with van der Waals surface area (Å²) in [7, 11) is 5.10. The van der Waals surface area contributed by atoms with Crippen molar-refractivity contribution in [3.63, 3.8) is 0 Å². The first-order valence-electron chi connectivity index (χ1n) is 6.15. The molecule has 0 N–H and O–H groups in total. The van der Waals surface area contributed by atoms with Crippen molar-refractivity contribution in [2.45, 2.75) is 11.7 Å². The Labute approximate surface area is 118 Å². The van der Waals surface area contributed by atoms with Crippen molar-refractivity contribution in [3.05, 3.63) is 23.3 Å². The van der Waals surface area contributed by atoms with E-state index in [0.29, 0.717) is 5.75 Å². The van der Waals surface area contributed by atoms with Gasteiger partial charge < -0.3 is 14.4 Å². The van der Waals surface area contributed by atoms with Crippen molar-refractivity contribution in [1.82, 2.24) is 4.90 Å². The maximum atomic E-state index is 12.3. The second kappa shape index (κ2) is 5.74. The van der Waals surface area contributed by atoms with Gasteiger partial charge in [-0.2, -0.15) is 0 Å². The van der Waals surface area contributed by atoms with Gasteiger partial charge in [0.05, 0.1) is 14.2 Å². The number of amides is 1. The molecule has 0 aliphatic carbocycles. The minimum absolute atomic E-state index is 0.151. The molecule has 0 saturated heterocycles. The molecular formula is C14H19NO3S. The van der Waals surface area contributed by atoms with Crippen LogP contribution in [0.5, 0.6) is 11.5 Å². The second-order valence-corrected chi connectivity index (χ2v) is 5.47. The standard InChI is InChI=1S/C14H19NO3S/c1-15-6-5-9-7-11(17-2)12(18-3)8-10(9)13(19-4)14(15)16/h7-8,13H,5-6H2,1-4H3. The molecule has 2 rings (SSSR count). The van der Waals surface area contributed by atoms with Crippen molar-refractivity contribution >= 4 is 17.7 Å². The fraction of sp³-hybridized carbons (Fsp3) is 0.500. The van der Waals surface area contributed by atoms with Crippen LogP contribution in [-0.4, -0.2) is 44.9 Å². The Morgan fingerprint density at radius 3 is 2.47 bits per heavy atom. The number of methoxy groups -OCH3 is 2. The molecule has 4 nitrogen and oxygen atoms in total. The zero-order valence-corrected chi connectivity index (χ0v) is 12.5. The summed E-state index contributed by atoms with van der Waals surface area (Å²) in [6, 6.07) is 3.93. The number of fused-ring (bicyclic) bond motifs is 1. The lowest BCUT2D eigenvalue weighted by atomic mass is 10.0. The molecule has 1 heterocycles. The summed E-state index contributed by atoms with van der Waals surface area (Å²) in [6.07, 6.45) is 2.80. The maximum Gasteiger partial charge on any atom is 0.239 e. The molecule has 0 aromatic heterocycles. The summed E-state index contributed by atoms with van der Waals surface area (Å²) in [6.45, 7) is 0.735. The molecule has 1 aliphatic rings. The van der Waals surface area contributed by atoms with Gasteiger partial charge in [0.1, 0.15) is 5.25 Å². The highest BCUT2D eigenvalue weighted by atomic mass is 32.2. The van der Waals surface area contributed by atoms with Crippen LogP contribution in [0.4, 0.5) is 0 Å². The van der Waals surface area contributed by atoms with Gasteiger partial charge in [-0.1, -0.05) is 0 Å². The summed E-state index contributed by atoms with van der Waals surface area (Å²) in [5.74, 6) is 1.55. The fourth-order valence-corrected chi connectivity index (χ4v) is 3.21. The Bertz CT molecular complexity index is 490. The van der Waals surface area contributed by atoms with E-state index in [4.69, 9.17) is 9.47 Å². The third-order valence-electron chi connectivity index (χ3n) is 3.48. The van der Waals surface area contributed by atoms with Crippen molar-refractivity contribution in [3.8, 4) is 11.5 Å². The van der Waals surface area contributed by atoms with Crippen LogP contribution in [0, 0.1) is 0 Å². The molecule has 0 radical (unpaired) electrons. The number of thioether (sulfide) groups is 1. The van der Waals surface area contributed by atoms with Crippen LogP contribution in [0.25, 0.3) is 0 Å². The predicted octanol–water partition coefficient (Wildman–Crippen LogP) is 2.12. The van der Waals surface area contributed by atoms with Gasteiger partial charge in [-0.3, -0.25) is 4.79 Å². The van der Waals surface area contributed by atoms with Gasteiger partial charge in [0.2, 0.25) is 5.91 Å². The molecule has 5 heteroatoms. The largest absolute Gasteiger partial charge is 0.493 e. The molecule has 1 aromatic carbocycles. The maximum absolute atomic E-state index is 12.3. The first-order valence-corrected chi connectivity index (χ1v) is 7.43. The van der Waals surface area contributed by atoms with Gasteiger partial charge >= 0.3 is 0 Å². The third kappa shape index (κ3) is 2.52. The Morgan fingerprint density at radius 2 is 1.89 bits per heavy atom. The van der Waals surface area contributed by atoms with E-state index in [0.717, 1.165) is 29.8 Å². The summed E-state index contributed by atoms with van der Waals surface area (Å²) < 4.78 is 10.7. The highest BCUT2D eigenvalue weighted by Crippen LogP contribution is 2.39. The molecule has 0 bridgehead atoms. The average Bonchev–Trinajstić information content (AvgIpc) is 2.55. The van der Waals surface area contributed by atoms with Gasteiger partial charge in [-0.25, -0.2) is 0 Å². The van der Waals surface area contributed by atoms with Crippen molar-refractivity contribution in [1.29, 1.82) is 0 Å². The Kier molecular flexibility index (Phi) is 4.24. The normalized spacial score (nSPS) is 18.8. The second-order valence-electron chi connectivity index (χ2n) is 4.53. The molecule has 1 atom stereocenters. The Hall–Kier alpha value is -1.36. The van der Waals surface area contributed by atoms with Crippen LogP contribution in [0.15, 0.2) is 12.1 Å². The fourth-order valence-electron chi connectivity index (χ4n) is 2.36. The molecule has 0 spiro atoms. The molecule has 1 aliphatic heterocycles. The predicted molar refractivity (Wildman–Crippen MR) is 77.1 cm³/mol. The number of carbonyl (C=O) groups excluding carboxylic acids is 1. The summed E-state index contributed by atoms with van der Waals surface area (Å²) in [5, 5.41) is -0.165. The minimum Gasteiger partial charge on any atom is -0.493 e. The van der Waals surface area contributed by atoms with Crippen LogP contribution < -0.4 is 9.47 Å². The first kappa shape index (κ1) is 14.1. The monoisotopic (exact) mass is 281 g/mol. The molecule has 104 valence electrons. The number of rotatable bonds is 3. The van der Waals surface area contributed by atoms with Crippen molar-refractivity contribution in [2.24, 2.45) is 0 Å². The average molecular weight is 281 g/mol. The van der Waals surface area contributed by atoms with E-state index < -0.39 is 0 Å². The number of carbonyl (C=O) groups is 1. The van der Waals surface area contributed by atoms with Gasteiger partial charge in [0.25, 0.3) is 0 Å². The van der Waals surface area contributed by atoms with Gasteiger partial charge in [0.15, 0.2) is 11.5 Å². The van der Waals surface area contributed by atoms with E-state index in [1.807, 2.05) is 25.4 Å². The highest BCUT2D eigenvalue weighted by Gasteiger charge is 2.29. The molecule has 1 amide bonds. The Balaban J connectivity index is 2.55. The lowest BCUT2D eigenvalue weighted by Gasteiger charge is -2.19. The number of benzene rings is 1. The molecule has 0 saturated carbocycles. The van der Waals surface area contributed by atoms with Crippen LogP contribution >= 0.6 is 11.8 Å². The van der Waals surface area contributed by atoms with Crippen molar-refractivity contribution in [2.75, 3.05) is 34.1 Å². The number of likely N-dealkylation sites (N-methyl/N-ethyl adjacent to an activating group) is 1. The quantitative estimate of drug-likeness (QED) is 0.851. The first-order chi connectivity index (χ1) is 9.12. The van der Waals surface area contributed by atoms with E-state index in [1.165, 1.54) is 0 Å². The molecule has 19 heavy (non-hydrogen) atoms. The van der Waals surface area contributed by atoms with E-state index >= 15 is 0 Å². The minimum atomic E-state index is -0.165. The van der Waals surface area contributed by atoms with E-state index in [2.05, 4.69) is 0 Å². The number of ether oxygens (including phenoxy) is 2. The molecule has 1 unspecified atom stereocenters. The number of hydrogen-bond acceptors (Lipinski definition) is 4. The molecule has 1 aromatic rings. The van der Waals surface area contributed by atoms with E-state index in [-0.39, 0.29) is 11.2 Å². The lowest BCUT2D eigenvalue weighted by Crippen LogP contribution is -2.29. The van der Waals surface area contributed by atoms with Crippen LogP contribution in [-0.2, 0) is 11.2 Å². The highest BCUT2D eigenvalue weighted by molar-refractivity contribution is 7.99. The summed E-state index contributed by atoms with van der Waals surface area (Å²) in [5.41, 5.74) is 2.20. The van der Waals surface area contributed by atoms with Crippen LogP contribution in [0.3, 0.4) is 0 Å². The summed E-state index contributed by atoms with van der Waals surface area (Å²) >= 11 is 1.56. The topological polar surface area (TPSA) is 38.8 Å². The van der Waals surface area contributed by atoms with Gasteiger partial charge in [-0.15, -0.1) is 11.8 Å². The smallest absolute Gasteiger partial charge is 0.239 e. The molecular weight excluding hydrogens is 262 g/mol. The van der Waals surface area contributed by atoms with Gasteiger partial charge in [0, 0.05) is 13.6 Å². The lowest BCUT2D eigenvalue weighted by molar-refractivity contribution is -0.129. The van der Waals surface area contributed by atoms with E-state index in [1.54, 1.807) is 30.9 Å². The van der Waals surface area contributed by atoms with Crippen molar-refractivity contribution < 1.29 is 14.3 Å². The SMILES string of the molecule is COc1cc2c(cc1OC)C(SC)C(=O)N(C)CC2. The van der Waals surface area contributed by atoms with E-state index in [9.17, 15) is 4.79 Å². The zero-order chi connectivity index (χ0) is 14.0. The third-order valence-corrected chi connectivity index (χ3v) is 4.41. The Morgan fingerprint density at radius 1 is 1.26 bits per heavy atom. The number of nitrogens with zero attached hydrogens (tertiary/aromatic N) is 1. The zero-order valence-electron chi connectivity index (χ0n) is 11.7. The number of hydrogen-bond donors (Lipinski definition) is 0. The van der Waals surface area contributed by atoms with Gasteiger partial charge in [-0.05, 0) is 35.9 Å². The summed E-state index contributed by atoms with van der Waals surface area (Å²) in [4.78, 5) is 14.1. The molecule has 0 fully saturated rings. The van der Waals surface area contributed by atoms with Crippen LogP contribution in [0.1, 0.15) is 16.4 Å². The van der Waals surface area contributed by atoms with Crippen LogP contribution in [0.2, 0.25) is 0 Å².